The highest BCUT2D eigenvalue weighted by molar-refractivity contribution is 7.88. The van der Waals surface area contributed by atoms with Gasteiger partial charge in [-0.25, -0.2) is 17.9 Å². The van der Waals surface area contributed by atoms with Crippen LogP contribution in [0, 0.1) is 5.92 Å². The molecular weight excluding hydrogens is 600 g/mol. The van der Waals surface area contributed by atoms with Crippen LogP contribution in [-0.4, -0.2) is 99.5 Å². The number of rotatable bonds is 10. The fourth-order valence-corrected chi connectivity index (χ4v) is 6.41. The lowest BCUT2D eigenvalue weighted by Crippen LogP contribution is -2.54. The van der Waals surface area contributed by atoms with Crippen molar-refractivity contribution in [3.8, 4) is 0 Å². The molecule has 0 unspecified atom stereocenters. The van der Waals surface area contributed by atoms with Crippen molar-refractivity contribution >= 4 is 39.7 Å². The molecule has 3 amide bonds. The van der Waals surface area contributed by atoms with Crippen LogP contribution in [0.4, 0.5) is 0 Å². The first kappa shape index (κ1) is 33.6. The minimum atomic E-state index is -3.68. The van der Waals surface area contributed by atoms with E-state index in [1.165, 1.54) is 24.1 Å². The van der Waals surface area contributed by atoms with Crippen molar-refractivity contribution in [2.75, 3.05) is 39.5 Å². The Bertz CT molecular complexity index is 1520. The van der Waals surface area contributed by atoms with E-state index in [9.17, 15) is 27.6 Å². The Labute approximate surface area is 263 Å². The standard InChI is InChI=1S/C31H40N6O7S/c1-44-30(41)24-12-7-6-11-23(24)27(38)34-31(32)36-17-14-22(15-18-36)20-33-28(39)26-13-8-16-37(26)29(40)25(35-45(2,42)43)19-21-9-4-3-5-10-21/h3-7,9-12,22,25-26,35H,8,13-20H2,1-2H3,(H,33,39)(H2,32,34,38)/t25-,26+/m1/s1. The summed E-state index contributed by atoms with van der Waals surface area (Å²) in [6, 6.07) is 13.7. The summed E-state index contributed by atoms with van der Waals surface area (Å²) in [7, 11) is -2.44. The summed E-state index contributed by atoms with van der Waals surface area (Å²) < 4.78 is 31.3. The van der Waals surface area contributed by atoms with Crippen molar-refractivity contribution in [1.29, 1.82) is 0 Å². The third-order valence-electron chi connectivity index (χ3n) is 8.06. The number of benzene rings is 2. The number of piperidine rings is 1. The van der Waals surface area contributed by atoms with Gasteiger partial charge in [0.2, 0.25) is 21.8 Å². The molecule has 45 heavy (non-hydrogen) atoms. The molecule has 0 aliphatic carbocycles. The number of likely N-dealkylation sites (tertiary alicyclic amines) is 2. The molecule has 2 aromatic carbocycles. The fraction of sp³-hybridized carbons (Fsp3) is 0.452. The van der Waals surface area contributed by atoms with E-state index in [1.807, 2.05) is 30.3 Å². The first-order chi connectivity index (χ1) is 21.5. The second-order valence-corrected chi connectivity index (χ2v) is 13.1. The third-order valence-corrected chi connectivity index (χ3v) is 8.77. The second kappa shape index (κ2) is 15.1. The zero-order valence-corrected chi connectivity index (χ0v) is 26.3. The van der Waals surface area contributed by atoms with Crippen LogP contribution in [-0.2, 0) is 30.8 Å². The predicted octanol–water partition coefficient (Wildman–Crippen LogP) is 0.908. The number of guanidine groups is 1. The molecule has 2 aliphatic rings. The Balaban J connectivity index is 1.30. The Morgan fingerprint density at radius 2 is 1.62 bits per heavy atom. The van der Waals surface area contributed by atoms with Gasteiger partial charge in [0.1, 0.15) is 12.1 Å². The Hall–Kier alpha value is -4.30. The van der Waals surface area contributed by atoms with E-state index in [-0.39, 0.29) is 35.3 Å². The zero-order chi connectivity index (χ0) is 32.6. The van der Waals surface area contributed by atoms with Crippen LogP contribution in [0.15, 0.2) is 59.6 Å². The van der Waals surface area contributed by atoms with E-state index in [0.717, 1.165) is 11.8 Å². The van der Waals surface area contributed by atoms with Gasteiger partial charge in [-0.15, -0.1) is 0 Å². The summed E-state index contributed by atoms with van der Waals surface area (Å²) in [4.78, 5) is 58.8. The molecule has 4 rings (SSSR count). The van der Waals surface area contributed by atoms with Gasteiger partial charge in [-0.2, -0.15) is 4.99 Å². The van der Waals surface area contributed by atoms with E-state index in [0.29, 0.717) is 51.9 Å². The van der Waals surface area contributed by atoms with Crippen molar-refractivity contribution < 1.29 is 32.3 Å². The molecule has 2 aliphatic heterocycles. The van der Waals surface area contributed by atoms with Gasteiger partial charge in [0.15, 0.2) is 5.96 Å². The predicted molar refractivity (Wildman–Crippen MR) is 168 cm³/mol. The van der Waals surface area contributed by atoms with E-state index >= 15 is 0 Å². The zero-order valence-electron chi connectivity index (χ0n) is 25.5. The molecule has 0 bridgehead atoms. The van der Waals surface area contributed by atoms with Gasteiger partial charge >= 0.3 is 5.97 Å². The van der Waals surface area contributed by atoms with Gasteiger partial charge in [-0.1, -0.05) is 42.5 Å². The summed E-state index contributed by atoms with van der Waals surface area (Å²) in [6.07, 6.45) is 3.70. The monoisotopic (exact) mass is 640 g/mol. The molecule has 4 N–H and O–H groups in total. The molecule has 2 saturated heterocycles. The number of amides is 3. The number of ether oxygens (including phenoxy) is 1. The molecule has 2 aromatic rings. The SMILES string of the molecule is COC(=O)c1ccccc1C(=O)N=C(N)N1CCC(CNC(=O)[C@@H]2CCCN2C(=O)[C@@H](Cc2ccccc2)NS(C)(=O)=O)CC1. The second-order valence-electron chi connectivity index (χ2n) is 11.3. The lowest BCUT2D eigenvalue weighted by atomic mass is 9.97. The Kier molecular flexibility index (Phi) is 11.3. The van der Waals surface area contributed by atoms with Crippen LogP contribution < -0.4 is 15.8 Å². The molecule has 2 heterocycles. The van der Waals surface area contributed by atoms with Crippen molar-refractivity contribution in [3.63, 3.8) is 0 Å². The number of nitrogens with zero attached hydrogens (tertiary/aromatic N) is 3. The van der Waals surface area contributed by atoms with Gasteiger partial charge in [0.25, 0.3) is 5.91 Å². The van der Waals surface area contributed by atoms with E-state index < -0.39 is 39.9 Å². The highest BCUT2D eigenvalue weighted by atomic mass is 32.2. The molecule has 0 spiro atoms. The van der Waals surface area contributed by atoms with Crippen LogP contribution in [0.2, 0.25) is 0 Å². The number of nitrogens with two attached hydrogens (primary N) is 1. The summed E-state index contributed by atoms with van der Waals surface area (Å²) in [6.45, 7) is 1.82. The maximum atomic E-state index is 13.5. The van der Waals surface area contributed by atoms with E-state index in [1.54, 1.807) is 17.0 Å². The Morgan fingerprint density at radius 1 is 0.978 bits per heavy atom. The van der Waals surface area contributed by atoms with Crippen molar-refractivity contribution in [1.82, 2.24) is 19.8 Å². The largest absolute Gasteiger partial charge is 0.465 e. The number of hydrogen-bond donors (Lipinski definition) is 3. The molecule has 2 atom stereocenters. The number of nitrogens with one attached hydrogen (secondary N) is 2. The average molecular weight is 641 g/mol. The highest BCUT2D eigenvalue weighted by Crippen LogP contribution is 2.22. The number of esters is 1. The van der Waals surface area contributed by atoms with E-state index in [4.69, 9.17) is 10.5 Å². The molecule has 14 heteroatoms. The molecular formula is C31H40N6O7S. The maximum absolute atomic E-state index is 13.5. The fourth-order valence-electron chi connectivity index (χ4n) is 5.71. The van der Waals surface area contributed by atoms with Crippen LogP contribution in [0.5, 0.6) is 0 Å². The van der Waals surface area contributed by atoms with E-state index in [2.05, 4.69) is 15.0 Å². The molecule has 0 radical (unpaired) electrons. The average Bonchev–Trinajstić information content (AvgIpc) is 3.53. The normalized spacial score (nSPS) is 18.4. The lowest BCUT2D eigenvalue weighted by molar-refractivity contribution is -0.139. The van der Waals surface area contributed by atoms with Crippen LogP contribution in [0.3, 0.4) is 0 Å². The topological polar surface area (TPSA) is 181 Å². The van der Waals surface area contributed by atoms with Gasteiger partial charge in [0, 0.05) is 26.2 Å². The number of sulfonamides is 1. The summed E-state index contributed by atoms with van der Waals surface area (Å²) in [5, 5.41) is 2.99. The number of hydrogen-bond acceptors (Lipinski definition) is 7. The first-order valence-electron chi connectivity index (χ1n) is 14.9. The smallest absolute Gasteiger partial charge is 0.338 e. The van der Waals surface area contributed by atoms with Gasteiger partial charge in [-0.05, 0) is 55.7 Å². The molecule has 2 fully saturated rings. The van der Waals surface area contributed by atoms with Crippen molar-refractivity contribution in [2.24, 2.45) is 16.6 Å². The minimum absolute atomic E-state index is 0.0509. The van der Waals surface area contributed by atoms with Crippen LogP contribution >= 0.6 is 0 Å². The summed E-state index contributed by atoms with van der Waals surface area (Å²) in [5.74, 6) is -1.77. The lowest BCUT2D eigenvalue weighted by Gasteiger charge is -2.33. The Morgan fingerprint density at radius 3 is 2.27 bits per heavy atom. The molecule has 242 valence electrons. The van der Waals surface area contributed by atoms with Gasteiger partial charge in [0.05, 0.1) is 24.5 Å². The quantitative estimate of drug-likeness (QED) is 0.193. The molecule has 0 aromatic heterocycles. The van der Waals surface area contributed by atoms with Gasteiger partial charge in [-0.3, -0.25) is 14.4 Å². The number of aliphatic imine (C=N–C) groups is 1. The molecule has 13 nitrogen and oxygen atoms in total. The van der Waals surface area contributed by atoms with Crippen LogP contribution in [0.1, 0.15) is 52.0 Å². The van der Waals surface area contributed by atoms with Crippen LogP contribution in [0.25, 0.3) is 0 Å². The third kappa shape index (κ3) is 9.11. The summed E-state index contributed by atoms with van der Waals surface area (Å²) >= 11 is 0. The number of carbonyl (C=O) groups excluding carboxylic acids is 4. The van der Waals surface area contributed by atoms with Gasteiger partial charge < -0.3 is 25.6 Å². The van der Waals surface area contributed by atoms with Crippen molar-refractivity contribution in [3.05, 3.63) is 71.3 Å². The number of carbonyl (C=O) groups is 4. The minimum Gasteiger partial charge on any atom is -0.465 e. The highest BCUT2D eigenvalue weighted by Gasteiger charge is 2.38. The first-order valence-corrected chi connectivity index (χ1v) is 16.8. The van der Waals surface area contributed by atoms with Crippen molar-refractivity contribution in [2.45, 2.75) is 44.2 Å². The summed E-state index contributed by atoms with van der Waals surface area (Å²) in [5.41, 5.74) is 7.15. The maximum Gasteiger partial charge on any atom is 0.338 e. The molecule has 0 saturated carbocycles. The number of methoxy groups -OCH3 is 1.